The minimum Gasteiger partial charge on any atom is -0.459 e. The highest BCUT2D eigenvalue weighted by molar-refractivity contribution is 5.76. The van der Waals surface area contributed by atoms with E-state index >= 15 is 0 Å². The van der Waals surface area contributed by atoms with Crippen LogP contribution in [0.5, 0.6) is 0 Å². The lowest BCUT2D eigenvalue weighted by molar-refractivity contribution is -0.306. The van der Waals surface area contributed by atoms with E-state index in [2.05, 4.69) is 6.92 Å². The van der Waals surface area contributed by atoms with Crippen LogP contribution in [0.1, 0.15) is 79.1 Å². The van der Waals surface area contributed by atoms with Crippen LogP contribution < -0.4 is 0 Å². The molecule has 5 aliphatic rings. The predicted octanol–water partition coefficient (Wildman–Crippen LogP) is 4.63. The van der Waals surface area contributed by atoms with E-state index in [4.69, 9.17) is 18.9 Å². The number of ether oxygens (including phenoxy) is 4. The molecule has 0 aromatic carbocycles. The Morgan fingerprint density at radius 3 is 2.06 bits per heavy atom. The highest BCUT2D eigenvalue weighted by Crippen LogP contribution is 2.60. The molecule has 182 valence electrons. The summed E-state index contributed by atoms with van der Waals surface area (Å²) in [7, 11) is 0. The average molecular weight is 459 g/mol. The Morgan fingerprint density at radius 1 is 0.969 bits per heavy atom. The Balaban J connectivity index is 1.36. The number of rotatable bonds is 7. The van der Waals surface area contributed by atoms with Crippen molar-refractivity contribution in [2.24, 2.45) is 23.7 Å². The minimum atomic E-state index is -3.56. The Bertz CT molecular complexity index is 702. The highest BCUT2D eigenvalue weighted by atomic mass is 19.3. The molecular weight excluding hydrogens is 422 g/mol. The third-order valence-electron chi connectivity index (χ3n) is 7.96. The van der Waals surface area contributed by atoms with Crippen molar-refractivity contribution in [2.45, 2.75) is 109 Å². The van der Waals surface area contributed by atoms with Crippen molar-refractivity contribution in [1.82, 2.24) is 0 Å². The number of hydrogen-bond acceptors (Lipinski definition) is 6. The molecule has 0 spiro atoms. The van der Waals surface area contributed by atoms with E-state index in [1.165, 1.54) is 6.42 Å². The third-order valence-corrected chi connectivity index (χ3v) is 7.96. The van der Waals surface area contributed by atoms with Crippen LogP contribution in [0.25, 0.3) is 0 Å². The first-order valence-corrected chi connectivity index (χ1v) is 12.0. The van der Waals surface area contributed by atoms with Gasteiger partial charge in [-0.15, -0.1) is 0 Å². The van der Waals surface area contributed by atoms with Gasteiger partial charge in [-0.1, -0.05) is 6.92 Å². The molecule has 0 aromatic heterocycles. The number of esters is 2. The van der Waals surface area contributed by atoms with Gasteiger partial charge in [-0.2, -0.15) is 8.78 Å². The summed E-state index contributed by atoms with van der Waals surface area (Å²) in [5.74, 6) is -3.99. The summed E-state index contributed by atoms with van der Waals surface area (Å²) in [6.07, 6.45) is 5.99. The first-order chi connectivity index (χ1) is 14.9. The highest BCUT2D eigenvalue weighted by Gasteiger charge is 2.58. The first-order valence-electron chi connectivity index (χ1n) is 12.0. The summed E-state index contributed by atoms with van der Waals surface area (Å²) >= 11 is 0. The van der Waals surface area contributed by atoms with Gasteiger partial charge in [0.1, 0.15) is 12.2 Å². The van der Waals surface area contributed by atoms with E-state index in [0.29, 0.717) is 18.8 Å². The Morgan fingerprint density at radius 2 is 1.53 bits per heavy atom. The summed E-state index contributed by atoms with van der Waals surface area (Å²) in [4.78, 5) is 24.5. The topological polar surface area (TPSA) is 71.1 Å². The van der Waals surface area contributed by atoms with Gasteiger partial charge in [0, 0.05) is 13.3 Å². The smallest absolute Gasteiger partial charge is 0.376 e. The quantitative estimate of drug-likeness (QED) is 0.518. The summed E-state index contributed by atoms with van der Waals surface area (Å²) in [6.45, 7) is 5.69. The SMILES string of the molecule is CCC1(OC(=O)CC2CC(COC(=O)C(C)(F)F)OC(C)(C)O2)C2CC3CC(C2)CC1C3. The number of carbonyl (C=O) groups excluding carboxylic acids is 2. The lowest BCUT2D eigenvalue weighted by atomic mass is 9.49. The number of hydrogen-bond donors (Lipinski definition) is 0. The molecule has 1 heterocycles. The van der Waals surface area contributed by atoms with Crippen LogP contribution in [-0.4, -0.2) is 48.1 Å². The van der Waals surface area contributed by atoms with Crippen LogP contribution in [0.15, 0.2) is 0 Å². The van der Waals surface area contributed by atoms with E-state index in [1.807, 2.05) is 0 Å². The second-order valence-corrected chi connectivity index (χ2v) is 10.9. The van der Waals surface area contributed by atoms with Gasteiger partial charge in [0.25, 0.3) is 0 Å². The largest absolute Gasteiger partial charge is 0.459 e. The molecule has 0 amide bonds. The lowest BCUT2D eigenvalue weighted by Gasteiger charge is -2.60. The maximum atomic E-state index is 13.1. The molecule has 0 aromatic rings. The molecule has 32 heavy (non-hydrogen) atoms. The minimum absolute atomic E-state index is 0.0647. The van der Waals surface area contributed by atoms with Gasteiger partial charge in [-0.05, 0) is 76.0 Å². The fourth-order valence-corrected chi connectivity index (χ4v) is 6.98. The second-order valence-electron chi connectivity index (χ2n) is 10.9. The molecule has 4 bridgehead atoms. The molecule has 6 nitrogen and oxygen atoms in total. The fraction of sp³-hybridized carbons (Fsp3) is 0.917. The molecular formula is C24H36F2O6. The molecule has 4 aliphatic carbocycles. The standard InChI is InChI=1S/C24H36F2O6/c1-5-24(16-7-14-6-15(9-16)10-17(24)8-14)32-20(27)12-18-11-19(31-22(2,3)30-18)13-29-21(28)23(4,25)26/h14-19H,5-13H2,1-4H3. The number of carbonyl (C=O) groups is 2. The van der Waals surface area contributed by atoms with Crippen molar-refractivity contribution in [3.8, 4) is 0 Å². The molecule has 0 radical (unpaired) electrons. The van der Waals surface area contributed by atoms with Gasteiger partial charge in [0.05, 0.1) is 18.6 Å². The van der Waals surface area contributed by atoms with Crippen LogP contribution >= 0.6 is 0 Å². The Kier molecular flexibility index (Phi) is 6.33. The van der Waals surface area contributed by atoms with Crippen LogP contribution in [0.3, 0.4) is 0 Å². The van der Waals surface area contributed by atoms with Crippen molar-refractivity contribution in [2.75, 3.05) is 6.61 Å². The van der Waals surface area contributed by atoms with Crippen molar-refractivity contribution >= 4 is 11.9 Å². The normalized spacial score (nSPS) is 40.2. The zero-order chi connectivity index (χ0) is 23.3. The van der Waals surface area contributed by atoms with E-state index in [9.17, 15) is 18.4 Å². The molecule has 1 saturated heterocycles. The van der Waals surface area contributed by atoms with Crippen LogP contribution in [0, 0.1) is 23.7 Å². The van der Waals surface area contributed by atoms with Crippen LogP contribution in [-0.2, 0) is 28.5 Å². The van der Waals surface area contributed by atoms with Gasteiger partial charge >= 0.3 is 17.9 Å². The fourth-order valence-electron chi connectivity index (χ4n) is 6.98. The third kappa shape index (κ3) is 4.81. The van der Waals surface area contributed by atoms with Crippen molar-refractivity contribution in [1.29, 1.82) is 0 Å². The maximum absolute atomic E-state index is 13.1. The molecule has 2 atom stereocenters. The predicted molar refractivity (Wildman–Crippen MR) is 111 cm³/mol. The molecule has 0 N–H and O–H groups in total. The molecule has 2 unspecified atom stereocenters. The van der Waals surface area contributed by atoms with E-state index in [1.54, 1.807) is 13.8 Å². The van der Waals surface area contributed by atoms with Crippen molar-refractivity contribution < 1.29 is 37.3 Å². The summed E-state index contributed by atoms with van der Waals surface area (Å²) in [6, 6.07) is 0. The first kappa shape index (κ1) is 23.9. The maximum Gasteiger partial charge on any atom is 0.376 e. The summed E-state index contributed by atoms with van der Waals surface area (Å²) in [5.41, 5.74) is -0.368. The van der Waals surface area contributed by atoms with Gasteiger partial charge in [-0.3, -0.25) is 4.79 Å². The molecule has 1 aliphatic heterocycles. The van der Waals surface area contributed by atoms with Crippen molar-refractivity contribution in [3.63, 3.8) is 0 Å². The molecule has 8 heteroatoms. The zero-order valence-corrected chi connectivity index (χ0v) is 19.5. The van der Waals surface area contributed by atoms with E-state index in [-0.39, 0.29) is 31.0 Å². The van der Waals surface area contributed by atoms with Crippen LogP contribution in [0.2, 0.25) is 0 Å². The van der Waals surface area contributed by atoms with Crippen LogP contribution in [0.4, 0.5) is 8.78 Å². The number of alkyl halides is 2. The average Bonchev–Trinajstić information content (AvgIpc) is 2.66. The van der Waals surface area contributed by atoms with Gasteiger partial charge < -0.3 is 18.9 Å². The van der Waals surface area contributed by atoms with Gasteiger partial charge in [0.2, 0.25) is 0 Å². The monoisotopic (exact) mass is 458 g/mol. The van der Waals surface area contributed by atoms with Gasteiger partial charge in [-0.25, -0.2) is 4.79 Å². The Hall–Kier alpha value is -1.28. The second kappa shape index (κ2) is 8.49. The molecule has 4 saturated carbocycles. The van der Waals surface area contributed by atoms with E-state index < -0.39 is 29.9 Å². The molecule has 5 fully saturated rings. The Labute approximate surface area is 188 Å². The summed E-state index contributed by atoms with van der Waals surface area (Å²) in [5, 5.41) is 0. The summed E-state index contributed by atoms with van der Waals surface area (Å²) < 4.78 is 48.8. The van der Waals surface area contributed by atoms with Crippen molar-refractivity contribution in [3.05, 3.63) is 0 Å². The zero-order valence-electron chi connectivity index (χ0n) is 19.5. The van der Waals surface area contributed by atoms with Gasteiger partial charge in [0.15, 0.2) is 5.79 Å². The lowest BCUT2D eigenvalue weighted by Crippen LogP contribution is -2.59. The molecule has 5 rings (SSSR count). The number of halogens is 2. The van der Waals surface area contributed by atoms with E-state index in [0.717, 1.165) is 43.9 Å².